The van der Waals surface area contributed by atoms with E-state index >= 15 is 0 Å². The van der Waals surface area contributed by atoms with Gasteiger partial charge in [0.1, 0.15) is 16.2 Å². The van der Waals surface area contributed by atoms with Crippen LogP contribution in [0.15, 0.2) is 132 Å². The van der Waals surface area contributed by atoms with Crippen LogP contribution in [0.2, 0.25) is 0 Å². The molecule has 10 rings (SSSR count). The second-order valence-electron chi connectivity index (χ2n) is 11.1. The molecule has 0 amide bonds. The van der Waals surface area contributed by atoms with Crippen LogP contribution in [0.25, 0.3) is 97.7 Å². The summed E-state index contributed by atoms with van der Waals surface area (Å²) in [5.41, 5.74) is 11.7. The summed E-state index contributed by atoms with van der Waals surface area (Å²) in [6, 6.07) is 45.9. The number of fused-ring (bicyclic) bond motifs is 10. The van der Waals surface area contributed by atoms with E-state index in [1.54, 1.807) is 11.3 Å². The van der Waals surface area contributed by atoms with Gasteiger partial charge in [-0.15, -0.1) is 11.3 Å². The Kier molecular flexibility index (Phi) is 4.36. The number of nitrogens with zero attached hydrogens (tertiary/aromatic N) is 1. The van der Waals surface area contributed by atoms with Crippen LogP contribution < -0.4 is 0 Å². The highest BCUT2D eigenvalue weighted by molar-refractivity contribution is 7.21. The highest BCUT2D eigenvalue weighted by Crippen LogP contribution is 2.51. The third kappa shape index (κ3) is 3.01. The lowest BCUT2D eigenvalue weighted by Crippen LogP contribution is -1.83. The van der Waals surface area contributed by atoms with Gasteiger partial charge in [-0.3, -0.25) is 0 Å². The van der Waals surface area contributed by atoms with Gasteiger partial charge in [-0.05, 0) is 73.8 Å². The van der Waals surface area contributed by atoms with Gasteiger partial charge in [0.2, 0.25) is 0 Å². The van der Waals surface area contributed by atoms with Crippen LogP contribution in [0.1, 0.15) is 0 Å². The highest BCUT2D eigenvalue weighted by atomic mass is 32.1. The largest absolute Gasteiger partial charge is 0.456 e. The fourth-order valence-electron chi connectivity index (χ4n) is 6.91. The molecule has 0 N–H and O–H groups in total. The quantitative estimate of drug-likeness (QED) is 0.214. The summed E-state index contributed by atoms with van der Waals surface area (Å²) < 4.78 is 7.54. The van der Waals surface area contributed by atoms with Gasteiger partial charge in [-0.1, -0.05) is 103 Å². The van der Waals surface area contributed by atoms with Crippen molar-refractivity contribution in [1.82, 2.24) is 4.98 Å². The van der Waals surface area contributed by atoms with Crippen LogP contribution in [0.4, 0.5) is 0 Å². The van der Waals surface area contributed by atoms with Gasteiger partial charge in [0, 0.05) is 21.7 Å². The van der Waals surface area contributed by atoms with E-state index < -0.39 is 0 Å². The molecule has 0 spiro atoms. The van der Waals surface area contributed by atoms with E-state index in [0.717, 1.165) is 27.3 Å². The van der Waals surface area contributed by atoms with E-state index in [1.165, 1.54) is 70.4 Å². The van der Waals surface area contributed by atoms with Crippen molar-refractivity contribution >= 4 is 65.0 Å². The van der Waals surface area contributed by atoms with Gasteiger partial charge in [0.05, 0.1) is 10.2 Å². The minimum absolute atomic E-state index is 0.940. The Morgan fingerprint density at radius 1 is 0.476 bits per heavy atom. The van der Waals surface area contributed by atoms with Gasteiger partial charge in [0.15, 0.2) is 0 Å². The van der Waals surface area contributed by atoms with Gasteiger partial charge >= 0.3 is 0 Å². The number of rotatable bonds is 2. The van der Waals surface area contributed by atoms with E-state index in [2.05, 4.69) is 121 Å². The van der Waals surface area contributed by atoms with Crippen molar-refractivity contribution < 1.29 is 4.42 Å². The molecule has 2 heterocycles. The molecule has 0 atom stereocenters. The zero-order chi connectivity index (χ0) is 27.4. The predicted molar refractivity (Wildman–Crippen MR) is 177 cm³/mol. The lowest BCUT2D eigenvalue weighted by Gasteiger charge is -2.07. The van der Waals surface area contributed by atoms with Crippen molar-refractivity contribution in [3.63, 3.8) is 0 Å². The number of para-hydroxylation sites is 1. The maximum absolute atomic E-state index is 6.32. The van der Waals surface area contributed by atoms with Crippen molar-refractivity contribution in [2.45, 2.75) is 0 Å². The van der Waals surface area contributed by atoms with Crippen LogP contribution in [0.5, 0.6) is 0 Å². The second kappa shape index (κ2) is 8.16. The summed E-state index contributed by atoms with van der Waals surface area (Å²) in [6.45, 7) is 0. The maximum Gasteiger partial charge on any atom is 0.136 e. The summed E-state index contributed by atoms with van der Waals surface area (Å²) in [5.74, 6) is 0. The predicted octanol–water partition coefficient (Wildman–Crippen LogP) is 11.5. The molecule has 0 saturated carbocycles. The van der Waals surface area contributed by atoms with Gasteiger partial charge in [0.25, 0.3) is 0 Å². The first-order valence-corrected chi connectivity index (χ1v) is 15.0. The van der Waals surface area contributed by atoms with Gasteiger partial charge in [-0.25, -0.2) is 4.98 Å². The van der Waals surface area contributed by atoms with E-state index in [0.29, 0.717) is 0 Å². The van der Waals surface area contributed by atoms with Gasteiger partial charge in [-0.2, -0.15) is 0 Å². The molecular formula is C39H21NOS. The third-order valence-corrected chi connectivity index (χ3v) is 9.92. The first-order chi connectivity index (χ1) is 20.8. The van der Waals surface area contributed by atoms with Crippen molar-refractivity contribution in [3.05, 3.63) is 127 Å². The molecule has 1 aliphatic carbocycles. The zero-order valence-electron chi connectivity index (χ0n) is 22.4. The van der Waals surface area contributed by atoms with Crippen LogP contribution in [-0.2, 0) is 0 Å². The summed E-state index contributed by atoms with van der Waals surface area (Å²) in [5, 5.41) is 8.46. The Morgan fingerprint density at radius 3 is 2.19 bits per heavy atom. The second-order valence-corrected chi connectivity index (χ2v) is 12.1. The molecule has 9 aromatic rings. The van der Waals surface area contributed by atoms with E-state index in [4.69, 9.17) is 9.40 Å². The highest BCUT2D eigenvalue weighted by Gasteiger charge is 2.25. The molecule has 194 valence electrons. The molecule has 2 aromatic heterocycles. The first kappa shape index (κ1) is 22.4. The Balaban J connectivity index is 1.07. The molecule has 0 unspecified atom stereocenters. The average Bonchev–Trinajstić information content (AvgIpc) is 3.74. The van der Waals surface area contributed by atoms with Crippen molar-refractivity contribution in [2.24, 2.45) is 0 Å². The van der Waals surface area contributed by atoms with Crippen LogP contribution in [-0.4, -0.2) is 4.98 Å². The number of benzene rings is 7. The standard InChI is InChI=1S/C39H21NOS/c1-2-7-26-23(6-1)17-19-35-38(26)40-39(42-35)24-14-12-22(13-15-24)25-16-18-27-31(20-25)28-9-5-10-30-36(28)32(27)21-34-37(30)29-8-3-4-11-33(29)41-34/h1-21H. The number of hydrogen-bond acceptors (Lipinski definition) is 3. The SMILES string of the molecule is c1ccc2c(c1)ccc1sc(-c3ccc(-c4ccc5c(c4)-c4cccc6c4c-5cc4oc5ccccc5c46)cc3)nc12. The molecular weight excluding hydrogens is 531 g/mol. The van der Waals surface area contributed by atoms with Gasteiger partial charge < -0.3 is 4.42 Å². The van der Waals surface area contributed by atoms with E-state index in [-0.39, 0.29) is 0 Å². The molecule has 0 saturated heterocycles. The van der Waals surface area contributed by atoms with Crippen LogP contribution in [0.3, 0.4) is 0 Å². The Morgan fingerprint density at radius 2 is 1.26 bits per heavy atom. The summed E-state index contributed by atoms with van der Waals surface area (Å²) in [4.78, 5) is 5.05. The normalized spacial score (nSPS) is 12.3. The molecule has 0 bridgehead atoms. The number of hydrogen-bond donors (Lipinski definition) is 0. The smallest absolute Gasteiger partial charge is 0.136 e. The number of furan rings is 1. The van der Waals surface area contributed by atoms with E-state index in [9.17, 15) is 0 Å². The molecule has 0 aliphatic heterocycles. The number of aromatic nitrogens is 1. The topological polar surface area (TPSA) is 26.0 Å². The van der Waals surface area contributed by atoms with Crippen LogP contribution in [0, 0.1) is 0 Å². The minimum atomic E-state index is 0.940. The number of thiazole rings is 1. The summed E-state index contributed by atoms with van der Waals surface area (Å²) in [6.07, 6.45) is 0. The third-order valence-electron chi connectivity index (χ3n) is 8.85. The Hall–Kier alpha value is -5.25. The monoisotopic (exact) mass is 551 g/mol. The van der Waals surface area contributed by atoms with Crippen molar-refractivity contribution in [1.29, 1.82) is 0 Å². The molecule has 2 nitrogen and oxygen atoms in total. The lowest BCUT2D eigenvalue weighted by atomic mass is 9.97. The summed E-state index contributed by atoms with van der Waals surface area (Å²) in [7, 11) is 0. The molecule has 7 aromatic carbocycles. The molecule has 1 aliphatic rings. The van der Waals surface area contributed by atoms with Crippen LogP contribution >= 0.6 is 11.3 Å². The molecule has 0 fully saturated rings. The van der Waals surface area contributed by atoms with Crippen molar-refractivity contribution in [3.8, 4) is 44.0 Å². The maximum atomic E-state index is 6.32. The molecule has 42 heavy (non-hydrogen) atoms. The summed E-state index contributed by atoms with van der Waals surface area (Å²) >= 11 is 1.76. The molecule has 3 heteroatoms. The Bertz CT molecular complexity index is 2570. The van der Waals surface area contributed by atoms with E-state index in [1.807, 2.05) is 6.07 Å². The zero-order valence-corrected chi connectivity index (χ0v) is 23.2. The van der Waals surface area contributed by atoms with Crippen molar-refractivity contribution in [2.75, 3.05) is 0 Å². The molecule has 0 radical (unpaired) electrons. The fraction of sp³-hybridized carbons (Fsp3) is 0. The first-order valence-electron chi connectivity index (χ1n) is 14.2. The fourth-order valence-corrected chi connectivity index (χ4v) is 7.89. The average molecular weight is 552 g/mol. The Labute approximate surface area is 245 Å². The lowest BCUT2D eigenvalue weighted by molar-refractivity contribution is 0.669. The minimum Gasteiger partial charge on any atom is -0.456 e.